The lowest BCUT2D eigenvalue weighted by molar-refractivity contribution is 0.526. The minimum absolute atomic E-state index is 0.244. The lowest BCUT2D eigenvalue weighted by Gasteiger charge is -2.20. The van der Waals surface area contributed by atoms with Crippen LogP contribution in [0.2, 0.25) is 0 Å². The average Bonchev–Trinajstić information content (AvgIpc) is 2.45. The van der Waals surface area contributed by atoms with Crippen molar-refractivity contribution in [2.45, 2.75) is 84.6 Å². The predicted octanol–water partition coefficient (Wildman–Crippen LogP) is 6.00. The third-order valence-corrected chi connectivity index (χ3v) is 4.26. The third-order valence-electron chi connectivity index (χ3n) is 4.26. The predicted molar refractivity (Wildman–Crippen MR) is 94.9 cm³/mol. The van der Waals surface area contributed by atoms with Gasteiger partial charge in [0.2, 0.25) is 0 Å². The van der Waals surface area contributed by atoms with Crippen molar-refractivity contribution in [3.8, 4) is 0 Å². The second kappa shape index (κ2) is 9.25. The van der Waals surface area contributed by atoms with Gasteiger partial charge in [0.15, 0.2) is 0 Å². The van der Waals surface area contributed by atoms with Gasteiger partial charge in [-0.05, 0) is 36.4 Å². The van der Waals surface area contributed by atoms with E-state index >= 15 is 0 Å². The second-order valence-electron chi connectivity index (χ2n) is 7.32. The zero-order chi connectivity index (χ0) is 15.7. The molecule has 1 aromatic rings. The Balaban J connectivity index is 2.27. The van der Waals surface area contributed by atoms with Gasteiger partial charge < -0.3 is 5.32 Å². The van der Waals surface area contributed by atoms with Crippen molar-refractivity contribution in [2.75, 3.05) is 6.54 Å². The van der Waals surface area contributed by atoms with E-state index in [1.807, 2.05) is 0 Å². The van der Waals surface area contributed by atoms with E-state index in [0.717, 1.165) is 6.54 Å². The molecule has 21 heavy (non-hydrogen) atoms. The van der Waals surface area contributed by atoms with E-state index in [1.165, 1.54) is 49.7 Å². The molecule has 0 amide bonds. The van der Waals surface area contributed by atoms with Crippen LogP contribution in [0.3, 0.4) is 0 Å². The number of benzene rings is 1. The fourth-order valence-corrected chi connectivity index (χ4v) is 2.61. The maximum absolute atomic E-state index is 3.65. The summed E-state index contributed by atoms with van der Waals surface area (Å²) in [4.78, 5) is 0. The highest BCUT2D eigenvalue weighted by molar-refractivity contribution is 5.28. The van der Waals surface area contributed by atoms with Gasteiger partial charge in [-0.3, -0.25) is 0 Å². The van der Waals surface area contributed by atoms with Crippen LogP contribution in [0.4, 0.5) is 0 Å². The molecule has 0 bridgehead atoms. The topological polar surface area (TPSA) is 12.0 Å². The Morgan fingerprint density at radius 2 is 1.48 bits per heavy atom. The Bertz CT molecular complexity index is 372. The largest absolute Gasteiger partial charge is 0.310 e. The molecule has 1 nitrogen and oxygen atoms in total. The summed E-state index contributed by atoms with van der Waals surface area (Å²) in [5.74, 6) is 0. The molecule has 0 aliphatic heterocycles. The maximum Gasteiger partial charge on any atom is 0.0291 e. The van der Waals surface area contributed by atoms with E-state index in [9.17, 15) is 0 Å². The lowest BCUT2D eigenvalue weighted by atomic mass is 9.86. The highest BCUT2D eigenvalue weighted by Gasteiger charge is 2.13. The number of hydrogen-bond donors (Lipinski definition) is 1. The SMILES string of the molecule is CCCCCCCCNC(C)c1ccc(C(C)(C)C)cc1. The standard InChI is InChI=1S/C20H35N/c1-6-7-8-9-10-11-16-21-17(2)18-12-14-19(15-13-18)20(3,4)5/h12-15,17,21H,6-11,16H2,1-5H3. The van der Waals surface area contributed by atoms with E-state index in [-0.39, 0.29) is 5.41 Å². The minimum Gasteiger partial charge on any atom is -0.310 e. The van der Waals surface area contributed by atoms with Gasteiger partial charge in [-0.15, -0.1) is 0 Å². The van der Waals surface area contributed by atoms with Crippen molar-refractivity contribution >= 4 is 0 Å². The van der Waals surface area contributed by atoms with Crippen LogP contribution in [0.5, 0.6) is 0 Å². The Kier molecular flexibility index (Phi) is 8.03. The summed E-state index contributed by atoms with van der Waals surface area (Å²) in [5, 5.41) is 3.65. The Morgan fingerprint density at radius 1 is 0.905 bits per heavy atom. The molecule has 1 atom stereocenters. The van der Waals surface area contributed by atoms with Crippen LogP contribution < -0.4 is 5.32 Å². The van der Waals surface area contributed by atoms with Crippen LogP contribution in [0, 0.1) is 0 Å². The van der Waals surface area contributed by atoms with Gasteiger partial charge in [-0.2, -0.15) is 0 Å². The molecule has 1 heteroatoms. The molecular formula is C20H35N. The number of unbranched alkanes of at least 4 members (excludes halogenated alkanes) is 5. The van der Waals surface area contributed by atoms with Crippen LogP contribution in [0.1, 0.15) is 90.3 Å². The fourth-order valence-electron chi connectivity index (χ4n) is 2.61. The van der Waals surface area contributed by atoms with Crippen LogP contribution >= 0.6 is 0 Å². The van der Waals surface area contributed by atoms with Crippen LogP contribution in [0.25, 0.3) is 0 Å². The molecule has 0 aromatic heterocycles. The summed E-state index contributed by atoms with van der Waals surface area (Å²) in [7, 11) is 0. The molecule has 1 unspecified atom stereocenters. The fraction of sp³-hybridized carbons (Fsp3) is 0.700. The molecule has 0 heterocycles. The number of hydrogen-bond acceptors (Lipinski definition) is 1. The van der Waals surface area contributed by atoms with Gasteiger partial charge in [0.05, 0.1) is 0 Å². The van der Waals surface area contributed by atoms with Gasteiger partial charge in [0.25, 0.3) is 0 Å². The van der Waals surface area contributed by atoms with Gasteiger partial charge in [-0.25, -0.2) is 0 Å². The lowest BCUT2D eigenvalue weighted by Crippen LogP contribution is -2.20. The maximum atomic E-state index is 3.65. The normalized spacial score (nSPS) is 13.4. The summed E-state index contributed by atoms with van der Waals surface area (Å²) in [5.41, 5.74) is 3.05. The summed E-state index contributed by atoms with van der Waals surface area (Å²) >= 11 is 0. The molecule has 0 saturated heterocycles. The van der Waals surface area contributed by atoms with Crippen LogP contribution in [0.15, 0.2) is 24.3 Å². The zero-order valence-electron chi connectivity index (χ0n) is 14.8. The van der Waals surface area contributed by atoms with Gasteiger partial charge in [0, 0.05) is 6.04 Å². The molecule has 1 aromatic carbocycles. The molecule has 1 rings (SSSR count). The molecule has 0 aliphatic carbocycles. The first-order valence-electron chi connectivity index (χ1n) is 8.79. The van der Waals surface area contributed by atoms with Crippen molar-refractivity contribution in [1.82, 2.24) is 5.32 Å². The number of rotatable bonds is 9. The molecule has 0 fully saturated rings. The van der Waals surface area contributed by atoms with Crippen molar-refractivity contribution in [2.24, 2.45) is 0 Å². The van der Waals surface area contributed by atoms with E-state index in [2.05, 4.69) is 64.2 Å². The van der Waals surface area contributed by atoms with Gasteiger partial charge in [0.1, 0.15) is 0 Å². The monoisotopic (exact) mass is 289 g/mol. The Hall–Kier alpha value is -0.820. The van der Waals surface area contributed by atoms with Crippen LogP contribution in [-0.2, 0) is 5.41 Å². The first-order chi connectivity index (χ1) is 9.95. The van der Waals surface area contributed by atoms with Crippen molar-refractivity contribution in [1.29, 1.82) is 0 Å². The molecule has 120 valence electrons. The zero-order valence-corrected chi connectivity index (χ0v) is 14.8. The summed E-state index contributed by atoms with van der Waals surface area (Å²) in [6.07, 6.45) is 8.19. The molecule has 0 aliphatic rings. The molecule has 0 saturated carbocycles. The van der Waals surface area contributed by atoms with E-state index in [0.29, 0.717) is 6.04 Å². The Labute approximate surface area is 132 Å². The minimum atomic E-state index is 0.244. The van der Waals surface area contributed by atoms with Crippen molar-refractivity contribution in [3.63, 3.8) is 0 Å². The summed E-state index contributed by atoms with van der Waals surface area (Å²) < 4.78 is 0. The van der Waals surface area contributed by atoms with Crippen molar-refractivity contribution < 1.29 is 0 Å². The summed E-state index contributed by atoms with van der Waals surface area (Å²) in [6, 6.07) is 9.56. The van der Waals surface area contributed by atoms with Crippen molar-refractivity contribution in [3.05, 3.63) is 35.4 Å². The molecule has 1 N–H and O–H groups in total. The van der Waals surface area contributed by atoms with Gasteiger partial charge >= 0.3 is 0 Å². The van der Waals surface area contributed by atoms with Crippen LogP contribution in [-0.4, -0.2) is 6.54 Å². The average molecular weight is 290 g/mol. The van der Waals surface area contributed by atoms with Gasteiger partial charge in [-0.1, -0.05) is 84.1 Å². The summed E-state index contributed by atoms with van der Waals surface area (Å²) in [6.45, 7) is 12.5. The third kappa shape index (κ3) is 7.13. The number of nitrogens with one attached hydrogen (secondary N) is 1. The van der Waals surface area contributed by atoms with E-state index in [1.54, 1.807) is 0 Å². The second-order valence-corrected chi connectivity index (χ2v) is 7.32. The van der Waals surface area contributed by atoms with E-state index in [4.69, 9.17) is 0 Å². The first kappa shape index (κ1) is 18.2. The molecule has 0 radical (unpaired) electrons. The highest BCUT2D eigenvalue weighted by atomic mass is 14.9. The smallest absolute Gasteiger partial charge is 0.0291 e. The van der Waals surface area contributed by atoms with E-state index < -0.39 is 0 Å². The first-order valence-corrected chi connectivity index (χ1v) is 8.79. The highest BCUT2D eigenvalue weighted by Crippen LogP contribution is 2.23. The molecular weight excluding hydrogens is 254 g/mol. The quantitative estimate of drug-likeness (QED) is 0.550. The molecule has 0 spiro atoms. The Morgan fingerprint density at radius 3 is 2.05 bits per heavy atom.